The van der Waals surface area contributed by atoms with Crippen LogP contribution in [0.25, 0.3) is 0 Å². The average Bonchev–Trinajstić information content (AvgIpc) is 3.20. The maximum absolute atomic E-state index is 12.3. The maximum atomic E-state index is 12.3. The molecule has 0 atom stereocenters. The molecular weight excluding hydrogens is 422 g/mol. The van der Waals surface area contributed by atoms with Crippen molar-refractivity contribution in [2.75, 3.05) is 12.4 Å². The lowest BCUT2D eigenvalue weighted by molar-refractivity contribution is -0.116. The number of Topliss-reactive ketones (excluding diaryl/α,β-unsaturated/α-hetero) is 1. The molecule has 6 heteroatoms. The molecule has 1 N–H and O–H groups in total. The number of methoxy groups -OCH3 is 1. The predicted octanol–water partition coefficient (Wildman–Crippen LogP) is 5.38. The van der Waals surface area contributed by atoms with E-state index < -0.39 is 0 Å². The number of ketones is 1. The Morgan fingerprint density at radius 1 is 1.04 bits per heavy atom. The van der Waals surface area contributed by atoms with Crippen LogP contribution < -0.4 is 14.8 Å². The fourth-order valence-electron chi connectivity index (χ4n) is 3.26. The van der Waals surface area contributed by atoms with E-state index in [9.17, 15) is 9.59 Å². The van der Waals surface area contributed by atoms with Crippen molar-refractivity contribution in [1.29, 1.82) is 0 Å². The topological polar surface area (TPSA) is 64.6 Å². The Hall–Kier alpha value is -2.34. The number of rotatable bonds is 8. The summed E-state index contributed by atoms with van der Waals surface area (Å²) in [5, 5.41) is 2.84. The van der Waals surface area contributed by atoms with Gasteiger partial charge in [-0.15, -0.1) is 0 Å². The van der Waals surface area contributed by atoms with Crippen molar-refractivity contribution >= 4 is 33.3 Å². The molecule has 2 aromatic carbocycles. The molecule has 1 fully saturated rings. The number of benzene rings is 2. The highest BCUT2D eigenvalue weighted by atomic mass is 79.9. The lowest BCUT2D eigenvalue weighted by atomic mass is 10.1. The zero-order chi connectivity index (χ0) is 19.9. The molecule has 1 aliphatic rings. The number of nitrogens with one attached hydrogen (secondary N) is 1. The van der Waals surface area contributed by atoms with Crippen LogP contribution in [0.5, 0.6) is 11.5 Å². The molecule has 0 heterocycles. The standard InChI is InChI=1S/C22H24BrNO4/c1-27-20-12-10-17(14-21(20)28-18-4-2-3-5-18)24-22(26)13-11-19(25)15-6-8-16(23)9-7-15/h6-10,12,14,18H,2-5,11,13H2,1H3,(H,24,26). The van der Waals surface area contributed by atoms with Crippen molar-refractivity contribution in [2.24, 2.45) is 0 Å². The Morgan fingerprint density at radius 2 is 1.75 bits per heavy atom. The highest BCUT2D eigenvalue weighted by molar-refractivity contribution is 9.10. The van der Waals surface area contributed by atoms with E-state index in [0.717, 1.165) is 17.3 Å². The summed E-state index contributed by atoms with van der Waals surface area (Å²) >= 11 is 3.34. The van der Waals surface area contributed by atoms with Crippen LogP contribution in [0, 0.1) is 0 Å². The molecular formula is C22H24BrNO4. The van der Waals surface area contributed by atoms with Crippen LogP contribution in [0.3, 0.4) is 0 Å². The zero-order valence-corrected chi connectivity index (χ0v) is 17.5. The van der Waals surface area contributed by atoms with Gasteiger partial charge in [-0.1, -0.05) is 28.1 Å². The van der Waals surface area contributed by atoms with Crippen molar-refractivity contribution in [2.45, 2.75) is 44.6 Å². The lowest BCUT2D eigenvalue weighted by Crippen LogP contribution is -2.15. The summed E-state index contributed by atoms with van der Waals surface area (Å²) in [6, 6.07) is 12.5. The van der Waals surface area contributed by atoms with Crippen LogP contribution in [0.15, 0.2) is 46.9 Å². The summed E-state index contributed by atoms with van der Waals surface area (Å²) in [4.78, 5) is 24.5. The van der Waals surface area contributed by atoms with E-state index in [2.05, 4.69) is 21.2 Å². The Balaban J connectivity index is 1.57. The average molecular weight is 446 g/mol. The van der Waals surface area contributed by atoms with Crippen LogP contribution in [0.4, 0.5) is 5.69 Å². The second-order valence-corrected chi connectivity index (χ2v) is 7.78. The van der Waals surface area contributed by atoms with Gasteiger partial charge in [-0.05, 0) is 49.9 Å². The van der Waals surface area contributed by atoms with Gasteiger partial charge < -0.3 is 14.8 Å². The summed E-state index contributed by atoms with van der Waals surface area (Å²) in [5.74, 6) is 1.03. The van der Waals surface area contributed by atoms with Gasteiger partial charge in [-0.2, -0.15) is 0 Å². The second kappa shape index (κ2) is 9.73. The van der Waals surface area contributed by atoms with Gasteiger partial charge in [0.25, 0.3) is 0 Å². The molecule has 0 bridgehead atoms. The van der Waals surface area contributed by atoms with Crippen LogP contribution in [0.2, 0.25) is 0 Å². The van der Waals surface area contributed by atoms with Crippen molar-refractivity contribution < 1.29 is 19.1 Å². The largest absolute Gasteiger partial charge is 0.493 e. The van der Waals surface area contributed by atoms with Crippen LogP contribution >= 0.6 is 15.9 Å². The normalized spacial score (nSPS) is 13.9. The summed E-state index contributed by atoms with van der Waals surface area (Å²) in [6.07, 6.45) is 4.92. The van der Waals surface area contributed by atoms with E-state index in [4.69, 9.17) is 9.47 Å². The fraction of sp³-hybridized carbons (Fsp3) is 0.364. The van der Waals surface area contributed by atoms with Gasteiger partial charge in [0.2, 0.25) is 5.91 Å². The van der Waals surface area contributed by atoms with Gasteiger partial charge in [-0.3, -0.25) is 9.59 Å². The summed E-state index contributed by atoms with van der Waals surface area (Å²) < 4.78 is 12.3. The molecule has 5 nitrogen and oxygen atoms in total. The number of amides is 1. The molecule has 1 aliphatic carbocycles. The molecule has 28 heavy (non-hydrogen) atoms. The highest BCUT2D eigenvalue weighted by Gasteiger charge is 2.19. The van der Waals surface area contributed by atoms with Crippen molar-refractivity contribution in [1.82, 2.24) is 0 Å². The minimum Gasteiger partial charge on any atom is -0.493 e. The van der Waals surface area contributed by atoms with E-state index in [1.165, 1.54) is 12.8 Å². The highest BCUT2D eigenvalue weighted by Crippen LogP contribution is 2.34. The Labute approximate surface area is 173 Å². The molecule has 0 aromatic heterocycles. The van der Waals surface area contributed by atoms with Gasteiger partial charge in [0.05, 0.1) is 13.2 Å². The third-order valence-electron chi connectivity index (χ3n) is 4.79. The Bertz CT molecular complexity index is 829. The van der Waals surface area contributed by atoms with Gasteiger partial charge in [0.1, 0.15) is 0 Å². The smallest absolute Gasteiger partial charge is 0.224 e. The predicted molar refractivity (Wildman–Crippen MR) is 112 cm³/mol. The summed E-state index contributed by atoms with van der Waals surface area (Å²) in [5.41, 5.74) is 1.24. The van der Waals surface area contributed by atoms with E-state index in [0.29, 0.717) is 22.7 Å². The van der Waals surface area contributed by atoms with E-state index in [-0.39, 0.29) is 30.6 Å². The van der Waals surface area contributed by atoms with Crippen molar-refractivity contribution in [3.8, 4) is 11.5 Å². The first-order chi connectivity index (χ1) is 13.5. The Kier molecular flexibility index (Phi) is 7.09. The molecule has 0 saturated heterocycles. The zero-order valence-electron chi connectivity index (χ0n) is 15.9. The number of anilines is 1. The monoisotopic (exact) mass is 445 g/mol. The number of carbonyl (C=O) groups excluding carboxylic acids is 2. The molecule has 1 amide bonds. The van der Waals surface area contributed by atoms with E-state index in [1.54, 1.807) is 37.4 Å². The summed E-state index contributed by atoms with van der Waals surface area (Å²) in [7, 11) is 1.60. The molecule has 2 aromatic rings. The van der Waals surface area contributed by atoms with E-state index in [1.807, 2.05) is 12.1 Å². The quantitative estimate of drug-likeness (QED) is 0.553. The second-order valence-electron chi connectivity index (χ2n) is 6.87. The number of ether oxygens (including phenoxy) is 2. The Morgan fingerprint density at radius 3 is 2.43 bits per heavy atom. The third kappa shape index (κ3) is 5.58. The van der Waals surface area contributed by atoms with Crippen LogP contribution in [-0.4, -0.2) is 24.9 Å². The molecule has 1 saturated carbocycles. The third-order valence-corrected chi connectivity index (χ3v) is 5.32. The first kappa shape index (κ1) is 20.4. The SMILES string of the molecule is COc1ccc(NC(=O)CCC(=O)c2ccc(Br)cc2)cc1OC1CCCC1. The number of hydrogen-bond donors (Lipinski definition) is 1. The number of hydrogen-bond acceptors (Lipinski definition) is 4. The molecule has 0 aliphatic heterocycles. The number of halogens is 1. The molecule has 0 radical (unpaired) electrons. The molecule has 0 unspecified atom stereocenters. The molecule has 0 spiro atoms. The molecule has 3 rings (SSSR count). The van der Waals surface area contributed by atoms with Gasteiger partial charge >= 0.3 is 0 Å². The minimum atomic E-state index is -0.206. The number of carbonyl (C=O) groups is 2. The van der Waals surface area contributed by atoms with Crippen LogP contribution in [0.1, 0.15) is 48.9 Å². The summed E-state index contributed by atoms with van der Waals surface area (Å²) in [6.45, 7) is 0. The van der Waals surface area contributed by atoms with Crippen molar-refractivity contribution in [3.05, 3.63) is 52.5 Å². The van der Waals surface area contributed by atoms with Crippen LogP contribution in [-0.2, 0) is 4.79 Å². The maximum Gasteiger partial charge on any atom is 0.224 e. The molecule has 148 valence electrons. The van der Waals surface area contributed by atoms with Gasteiger partial charge in [-0.25, -0.2) is 0 Å². The van der Waals surface area contributed by atoms with Gasteiger partial charge in [0.15, 0.2) is 17.3 Å². The lowest BCUT2D eigenvalue weighted by Gasteiger charge is -2.17. The first-order valence-electron chi connectivity index (χ1n) is 9.48. The first-order valence-corrected chi connectivity index (χ1v) is 10.3. The van der Waals surface area contributed by atoms with Crippen molar-refractivity contribution in [3.63, 3.8) is 0 Å². The minimum absolute atomic E-state index is 0.0531. The van der Waals surface area contributed by atoms with Gasteiger partial charge in [0, 0.05) is 34.6 Å². The fourth-order valence-corrected chi connectivity index (χ4v) is 3.53. The van der Waals surface area contributed by atoms with E-state index >= 15 is 0 Å².